The van der Waals surface area contributed by atoms with Crippen LogP contribution in [-0.4, -0.2) is 35.5 Å². The average molecular weight is 458 g/mol. The molecule has 1 unspecified atom stereocenters. The number of nitrogens with one attached hydrogen (secondary N) is 2. The number of thioether (sulfide) groups is 1. The molecule has 0 amide bonds. The van der Waals surface area contributed by atoms with Gasteiger partial charge in [0.2, 0.25) is 5.89 Å². The number of halogens is 1. The quantitative estimate of drug-likeness (QED) is 0.417. The molecule has 1 aliphatic rings. The van der Waals surface area contributed by atoms with Crippen LogP contribution in [0.2, 0.25) is 0 Å². The van der Waals surface area contributed by atoms with Crippen molar-refractivity contribution in [2.45, 2.75) is 25.4 Å². The molecule has 5 nitrogen and oxygen atoms in total. The molecule has 1 saturated heterocycles. The summed E-state index contributed by atoms with van der Waals surface area (Å²) in [6.45, 7) is 0.593. The van der Waals surface area contributed by atoms with Crippen molar-refractivity contribution < 1.29 is 4.42 Å². The van der Waals surface area contributed by atoms with Crippen LogP contribution in [0.5, 0.6) is 0 Å². The second kappa shape index (κ2) is 9.93. The van der Waals surface area contributed by atoms with Crippen LogP contribution in [0.15, 0.2) is 46.0 Å². The Bertz CT molecular complexity index is 641. The summed E-state index contributed by atoms with van der Waals surface area (Å²) in [5, 5.41) is 6.78. The molecule has 1 aromatic heterocycles. The first-order valence-corrected chi connectivity index (χ1v) is 9.05. The van der Waals surface area contributed by atoms with E-state index in [0.29, 0.717) is 18.5 Å². The third kappa shape index (κ3) is 5.41. The Morgan fingerprint density at radius 3 is 2.92 bits per heavy atom. The molecule has 2 heterocycles. The predicted octanol–water partition coefficient (Wildman–Crippen LogP) is 3.52. The molecule has 0 radical (unpaired) electrons. The van der Waals surface area contributed by atoms with Gasteiger partial charge in [0, 0.05) is 24.4 Å². The van der Waals surface area contributed by atoms with Gasteiger partial charge in [0.05, 0.1) is 12.2 Å². The molecule has 2 aromatic rings. The van der Waals surface area contributed by atoms with Crippen molar-refractivity contribution in [2.24, 2.45) is 4.99 Å². The lowest BCUT2D eigenvalue weighted by Gasteiger charge is -2.24. The van der Waals surface area contributed by atoms with Crippen molar-refractivity contribution in [3.63, 3.8) is 0 Å². The van der Waals surface area contributed by atoms with E-state index in [1.54, 1.807) is 13.3 Å². The lowest BCUT2D eigenvalue weighted by Crippen LogP contribution is -2.45. The van der Waals surface area contributed by atoms with Crippen LogP contribution in [0, 0.1) is 0 Å². The van der Waals surface area contributed by atoms with E-state index in [4.69, 9.17) is 4.42 Å². The van der Waals surface area contributed by atoms with E-state index in [9.17, 15) is 0 Å². The molecule has 0 bridgehead atoms. The average Bonchev–Trinajstić information content (AvgIpc) is 3.09. The van der Waals surface area contributed by atoms with Gasteiger partial charge in [-0.1, -0.05) is 18.2 Å². The van der Waals surface area contributed by atoms with Gasteiger partial charge in [-0.25, -0.2) is 4.98 Å². The topological polar surface area (TPSA) is 62.5 Å². The fraction of sp³-hybridized carbons (Fsp3) is 0.412. The second-order valence-electron chi connectivity index (χ2n) is 5.49. The zero-order chi connectivity index (χ0) is 15.9. The zero-order valence-electron chi connectivity index (χ0n) is 13.7. The smallest absolute Gasteiger partial charge is 0.226 e. The largest absolute Gasteiger partial charge is 0.444 e. The lowest BCUT2D eigenvalue weighted by atomic mass is 10.2. The number of rotatable bonds is 4. The summed E-state index contributed by atoms with van der Waals surface area (Å²) in [4.78, 5) is 8.81. The monoisotopic (exact) mass is 458 g/mol. The van der Waals surface area contributed by atoms with Gasteiger partial charge in [0.25, 0.3) is 0 Å². The SMILES string of the molecule is CN=C(NCc1coc(-c2ccccc2)n1)NC1CCCSC1.I. The number of nitrogens with zero attached hydrogens (tertiary/aromatic N) is 2. The molecule has 0 saturated carbocycles. The maximum Gasteiger partial charge on any atom is 0.226 e. The third-order valence-corrected chi connectivity index (χ3v) is 4.95. The molecular weight excluding hydrogens is 435 g/mol. The molecule has 0 spiro atoms. The number of oxazole rings is 1. The summed E-state index contributed by atoms with van der Waals surface area (Å²) in [5.41, 5.74) is 1.85. The Balaban J connectivity index is 0.00000208. The fourth-order valence-electron chi connectivity index (χ4n) is 2.52. The van der Waals surface area contributed by atoms with Gasteiger partial charge in [0.15, 0.2) is 5.96 Å². The van der Waals surface area contributed by atoms with Crippen LogP contribution in [0.25, 0.3) is 11.5 Å². The van der Waals surface area contributed by atoms with Crippen LogP contribution < -0.4 is 10.6 Å². The fourth-order valence-corrected chi connectivity index (χ4v) is 3.59. The molecular formula is C17H23IN4OS. The van der Waals surface area contributed by atoms with Crippen molar-refractivity contribution >= 4 is 41.7 Å². The summed E-state index contributed by atoms with van der Waals surface area (Å²) in [7, 11) is 1.80. The lowest BCUT2D eigenvalue weighted by molar-refractivity contribution is 0.570. The van der Waals surface area contributed by atoms with Crippen LogP contribution in [0.1, 0.15) is 18.5 Å². The van der Waals surface area contributed by atoms with Crippen LogP contribution in [0.3, 0.4) is 0 Å². The minimum absolute atomic E-state index is 0. The Morgan fingerprint density at radius 2 is 2.21 bits per heavy atom. The van der Waals surface area contributed by atoms with E-state index in [1.165, 1.54) is 18.6 Å². The van der Waals surface area contributed by atoms with E-state index in [-0.39, 0.29) is 24.0 Å². The zero-order valence-corrected chi connectivity index (χ0v) is 16.8. The summed E-state index contributed by atoms with van der Waals surface area (Å²) in [6.07, 6.45) is 4.16. The predicted molar refractivity (Wildman–Crippen MR) is 111 cm³/mol. The molecule has 24 heavy (non-hydrogen) atoms. The van der Waals surface area contributed by atoms with E-state index in [2.05, 4.69) is 20.6 Å². The first-order chi connectivity index (χ1) is 11.3. The standard InChI is InChI=1S/C17H22N4OS.HI/c1-18-17(21-14-8-5-9-23-12-14)19-10-15-11-22-16(20-15)13-6-3-2-4-7-13;/h2-4,6-7,11,14H,5,8-10,12H2,1H3,(H2,18,19,21);1H. The number of aliphatic imine (C=N–C) groups is 1. The van der Waals surface area contributed by atoms with Crippen molar-refractivity contribution in [1.82, 2.24) is 15.6 Å². The summed E-state index contributed by atoms with van der Waals surface area (Å²) >= 11 is 2.00. The summed E-state index contributed by atoms with van der Waals surface area (Å²) in [6, 6.07) is 10.4. The second-order valence-corrected chi connectivity index (χ2v) is 6.64. The number of hydrogen-bond acceptors (Lipinski definition) is 4. The molecule has 1 aliphatic heterocycles. The summed E-state index contributed by atoms with van der Waals surface area (Å²) in [5.74, 6) is 3.88. The van der Waals surface area contributed by atoms with Gasteiger partial charge in [-0.15, -0.1) is 24.0 Å². The van der Waals surface area contributed by atoms with Crippen molar-refractivity contribution in [3.05, 3.63) is 42.3 Å². The highest BCUT2D eigenvalue weighted by Gasteiger charge is 2.15. The van der Waals surface area contributed by atoms with Gasteiger partial charge < -0.3 is 15.1 Å². The maximum absolute atomic E-state index is 5.55. The molecule has 1 fully saturated rings. The Kier molecular flexibility index (Phi) is 7.90. The highest BCUT2D eigenvalue weighted by Crippen LogP contribution is 2.18. The number of hydrogen-bond donors (Lipinski definition) is 2. The first-order valence-electron chi connectivity index (χ1n) is 7.90. The molecule has 1 atom stereocenters. The minimum atomic E-state index is 0. The minimum Gasteiger partial charge on any atom is -0.444 e. The molecule has 2 N–H and O–H groups in total. The Morgan fingerprint density at radius 1 is 1.38 bits per heavy atom. The third-order valence-electron chi connectivity index (χ3n) is 3.73. The maximum atomic E-state index is 5.55. The number of aromatic nitrogens is 1. The Labute approximate surface area is 164 Å². The molecule has 7 heteroatoms. The normalized spacial score (nSPS) is 17.9. The summed E-state index contributed by atoms with van der Waals surface area (Å²) < 4.78 is 5.55. The number of guanidine groups is 1. The van der Waals surface area contributed by atoms with E-state index in [0.717, 1.165) is 23.0 Å². The molecule has 3 rings (SSSR count). The van der Waals surface area contributed by atoms with Crippen LogP contribution in [-0.2, 0) is 6.54 Å². The van der Waals surface area contributed by atoms with E-state index < -0.39 is 0 Å². The highest BCUT2D eigenvalue weighted by molar-refractivity contribution is 14.0. The van der Waals surface area contributed by atoms with Gasteiger partial charge in [0.1, 0.15) is 6.26 Å². The first kappa shape index (κ1) is 19.1. The van der Waals surface area contributed by atoms with Crippen molar-refractivity contribution in [2.75, 3.05) is 18.6 Å². The van der Waals surface area contributed by atoms with Crippen LogP contribution >= 0.6 is 35.7 Å². The molecule has 1 aromatic carbocycles. The van der Waals surface area contributed by atoms with Crippen LogP contribution in [0.4, 0.5) is 0 Å². The van der Waals surface area contributed by atoms with Gasteiger partial charge in [-0.2, -0.15) is 11.8 Å². The van der Waals surface area contributed by atoms with E-state index >= 15 is 0 Å². The highest BCUT2D eigenvalue weighted by atomic mass is 127. The Hall–Kier alpha value is -1.22. The van der Waals surface area contributed by atoms with E-state index in [1.807, 2.05) is 42.1 Å². The molecule has 0 aliphatic carbocycles. The van der Waals surface area contributed by atoms with Crippen molar-refractivity contribution in [3.8, 4) is 11.5 Å². The van der Waals surface area contributed by atoms with Crippen molar-refractivity contribution in [1.29, 1.82) is 0 Å². The van der Waals surface area contributed by atoms with Gasteiger partial charge in [-0.3, -0.25) is 4.99 Å². The van der Waals surface area contributed by atoms with Gasteiger partial charge >= 0.3 is 0 Å². The number of benzene rings is 1. The van der Waals surface area contributed by atoms with Gasteiger partial charge in [-0.05, 0) is 30.7 Å². The molecule has 130 valence electrons.